The summed E-state index contributed by atoms with van der Waals surface area (Å²) in [7, 11) is 1.38. The summed E-state index contributed by atoms with van der Waals surface area (Å²) < 4.78 is 62.7. The van der Waals surface area contributed by atoms with Crippen molar-refractivity contribution in [1.82, 2.24) is 5.43 Å². The second kappa shape index (κ2) is 11.7. The van der Waals surface area contributed by atoms with Crippen molar-refractivity contribution < 1.29 is 36.6 Å². The molecule has 0 unspecified atom stereocenters. The topological polar surface area (TPSA) is 89.0 Å². The van der Waals surface area contributed by atoms with Gasteiger partial charge < -0.3 is 14.8 Å². The van der Waals surface area contributed by atoms with Crippen molar-refractivity contribution in [3.8, 4) is 11.5 Å². The first-order valence-corrected chi connectivity index (χ1v) is 10.9. The van der Waals surface area contributed by atoms with Crippen molar-refractivity contribution in [1.29, 1.82) is 0 Å². The van der Waals surface area contributed by atoms with E-state index in [4.69, 9.17) is 9.47 Å². The van der Waals surface area contributed by atoms with Gasteiger partial charge in [-0.15, -0.1) is 0 Å². The smallest absolute Gasteiger partial charge is 0.416 e. The minimum Gasteiger partial charge on any atom is -0.493 e. The summed E-state index contributed by atoms with van der Waals surface area (Å²) in [5, 5.41) is 6.34. The number of ether oxygens (including phenoxy) is 2. The van der Waals surface area contributed by atoms with E-state index in [9.17, 15) is 27.2 Å². The minimum atomic E-state index is -4.58. The van der Waals surface area contributed by atoms with Gasteiger partial charge in [-0.3, -0.25) is 9.59 Å². The fraction of sp³-hybridized carbons (Fsp3) is 0.125. The molecule has 3 aromatic rings. The summed E-state index contributed by atoms with van der Waals surface area (Å²) in [6.07, 6.45) is -3.32. The predicted molar refractivity (Wildman–Crippen MR) is 128 cm³/mol. The number of nitrogens with zero attached hydrogens (tertiary/aromatic N) is 1. The molecule has 0 spiro atoms. The third kappa shape index (κ3) is 7.28. The van der Waals surface area contributed by atoms with Crippen molar-refractivity contribution in [3.05, 3.63) is 87.6 Å². The molecule has 0 saturated carbocycles. The highest BCUT2D eigenvalue weighted by molar-refractivity contribution is 9.10. The molecule has 36 heavy (non-hydrogen) atoms. The number of hydrogen-bond acceptors (Lipinski definition) is 5. The second-order valence-corrected chi connectivity index (χ2v) is 8.00. The first-order valence-electron chi connectivity index (χ1n) is 10.1. The van der Waals surface area contributed by atoms with Gasteiger partial charge in [0.05, 0.1) is 18.9 Å². The Bertz CT molecular complexity index is 1280. The molecule has 0 aliphatic carbocycles. The van der Waals surface area contributed by atoms with Crippen molar-refractivity contribution in [2.24, 2.45) is 5.10 Å². The number of nitrogens with one attached hydrogen (secondary N) is 2. The third-order valence-corrected chi connectivity index (χ3v) is 5.28. The van der Waals surface area contributed by atoms with Crippen molar-refractivity contribution in [2.45, 2.75) is 6.18 Å². The average molecular weight is 568 g/mol. The van der Waals surface area contributed by atoms with Gasteiger partial charge in [0.15, 0.2) is 18.1 Å². The van der Waals surface area contributed by atoms with E-state index in [-0.39, 0.29) is 23.7 Å². The van der Waals surface area contributed by atoms with Gasteiger partial charge in [-0.2, -0.15) is 18.3 Å². The van der Waals surface area contributed by atoms with E-state index in [2.05, 4.69) is 31.8 Å². The standard InChI is InChI=1S/C24H18BrF4N3O4/c1-35-20-10-15(12-30-32-23(34)14-3-2-4-16(9-14)24(27,28)29)19(25)11-21(20)36-13-22(33)31-18-7-5-17(26)6-8-18/h2-12H,13H2,1H3,(H,31,33)(H,32,34)/b30-12-. The number of benzene rings is 3. The Morgan fingerprint density at radius 2 is 1.78 bits per heavy atom. The number of alkyl halides is 3. The highest BCUT2D eigenvalue weighted by Crippen LogP contribution is 2.33. The van der Waals surface area contributed by atoms with Crippen LogP contribution in [0.25, 0.3) is 0 Å². The Hall–Kier alpha value is -3.93. The van der Waals surface area contributed by atoms with E-state index in [0.29, 0.717) is 15.7 Å². The molecule has 0 aliphatic heterocycles. The lowest BCUT2D eigenvalue weighted by Gasteiger charge is -2.13. The molecule has 0 saturated heterocycles. The van der Waals surface area contributed by atoms with Gasteiger partial charge in [0.2, 0.25) is 0 Å². The maximum atomic E-state index is 13.0. The minimum absolute atomic E-state index is 0.207. The Morgan fingerprint density at radius 3 is 2.44 bits per heavy atom. The number of hydrogen-bond donors (Lipinski definition) is 2. The van der Waals surface area contributed by atoms with Crippen LogP contribution in [-0.2, 0) is 11.0 Å². The zero-order chi connectivity index (χ0) is 26.3. The summed E-state index contributed by atoms with van der Waals surface area (Å²) in [6, 6.07) is 12.2. The lowest BCUT2D eigenvalue weighted by Crippen LogP contribution is -2.20. The number of rotatable bonds is 8. The number of carbonyl (C=O) groups is 2. The number of hydrazone groups is 1. The fourth-order valence-corrected chi connectivity index (χ4v) is 3.28. The van der Waals surface area contributed by atoms with Crippen LogP contribution in [0.1, 0.15) is 21.5 Å². The molecule has 0 aromatic heterocycles. The lowest BCUT2D eigenvalue weighted by molar-refractivity contribution is -0.137. The van der Waals surface area contributed by atoms with Crippen LogP contribution >= 0.6 is 15.9 Å². The van der Waals surface area contributed by atoms with E-state index in [1.807, 2.05) is 0 Å². The summed E-state index contributed by atoms with van der Waals surface area (Å²) in [5.41, 5.74) is 1.85. The van der Waals surface area contributed by atoms with Gasteiger partial charge in [0, 0.05) is 21.3 Å². The fourth-order valence-electron chi connectivity index (χ4n) is 2.86. The molecule has 188 valence electrons. The number of anilines is 1. The summed E-state index contributed by atoms with van der Waals surface area (Å²) in [5.74, 6) is -1.27. The first kappa shape index (κ1) is 26.7. The summed E-state index contributed by atoms with van der Waals surface area (Å²) in [6.45, 7) is -0.360. The molecule has 7 nitrogen and oxygen atoms in total. The molecule has 0 radical (unpaired) electrons. The molecule has 3 rings (SSSR count). The van der Waals surface area contributed by atoms with Gasteiger partial charge in [-0.25, -0.2) is 9.82 Å². The molecule has 0 aliphatic rings. The van der Waals surface area contributed by atoms with Crippen LogP contribution in [0.3, 0.4) is 0 Å². The van der Waals surface area contributed by atoms with Crippen LogP contribution in [-0.4, -0.2) is 31.7 Å². The molecule has 0 bridgehead atoms. The molecule has 0 fully saturated rings. The lowest BCUT2D eigenvalue weighted by atomic mass is 10.1. The SMILES string of the molecule is COc1cc(/C=N\NC(=O)c2cccc(C(F)(F)F)c2)c(Br)cc1OCC(=O)Nc1ccc(F)cc1. The molecule has 2 N–H and O–H groups in total. The van der Waals surface area contributed by atoms with Gasteiger partial charge >= 0.3 is 6.18 Å². The highest BCUT2D eigenvalue weighted by atomic mass is 79.9. The molecule has 0 atom stereocenters. The zero-order valence-electron chi connectivity index (χ0n) is 18.5. The van der Waals surface area contributed by atoms with Gasteiger partial charge in [0.25, 0.3) is 11.8 Å². The molecule has 2 amide bonds. The number of methoxy groups -OCH3 is 1. The van der Waals surface area contributed by atoms with Crippen LogP contribution in [0, 0.1) is 5.82 Å². The van der Waals surface area contributed by atoms with Crippen LogP contribution in [0.15, 0.2) is 70.2 Å². The molecule has 3 aromatic carbocycles. The van der Waals surface area contributed by atoms with Crippen molar-refractivity contribution >= 4 is 39.6 Å². The van der Waals surface area contributed by atoms with E-state index in [1.54, 1.807) is 0 Å². The van der Waals surface area contributed by atoms with Crippen molar-refractivity contribution in [2.75, 3.05) is 19.0 Å². The third-order valence-electron chi connectivity index (χ3n) is 4.59. The zero-order valence-corrected chi connectivity index (χ0v) is 20.1. The van der Waals surface area contributed by atoms with E-state index in [1.165, 1.54) is 55.8 Å². The second-order valence-electron chi connectivity index (χ2n) is 7.15. The van der Waals surface area contributed by atoms with Crippen LogP contribution < -0.4 is 20.2 Å². The average Bonchev–Trinajstić information content (AvgIpc) is 2.84. The van der Waals surface area contributed by atoms with E-state index in [0.717, 1.165) is 18.2 Å². The van der Waals surface area contributed by atoms with Crippen molar-refractivity contribution in [3.63, 3.8) is 0 Å². The van der Waals surface area contributed by atoms with Gasteiger partial charge in [-0.1, -0.05) is 6.07 Å². The number of amides is 2. The van der Waals surface area contributed by atoms with Crippen LogP contribution in [0.4, 0.5) is 23.2 Å². The molecule has 0 heterocycles. The first-order chi connectivity index (χ1) is 17.1. The predicted octanol–water partition coefficient (Wildman–Crippen LogP) is 5.40. The maximum Gasteiger partial charge on any atom is 0.416 e. The summed E-state index contributed by atoms with van der Waals surface area (Å²) >= 11 is 3.32. The van der Waals surface area contributed by atoms with Gasteiger partial charge in [0.1, 0.15) is 5.82 Å². The molecule has 12 heteroatoms. The number of halogens is 5. The Kier molecular flexibility index (Phi) is 8.64. The van der Waals surface area contributed by atoms with Crippen LogP contribution in [0.2, 0.25) is 0 Å². The maximum absolute atomic E-state index is 13.0. The van der Waals surface area contributed by atoms with E-state index >= 15 is 0 Å². The molecular formula is C24H18BrF4N3O4. The summed E-state index contributed by atoms with van der Waals surface area (Å²) in [4.78, 5) is 24.3. The van der Waals surface area contributed by atoms with E-state index < -0.39 is 29.4 Å². The number of carbonyl (C=O) groups excluding carboxylic acids is 2. The Labute approximate surface area is 211 Å². The normalized spacial score (nSPS) is 11.3. The monoisotopic (exact) mass is 567 g/mol. The molecular weight excluding hydrogens is 550 g/mol. The Balaban J connectivity index is 1.63. The van der Waals surface area contributed by atoms with Gasteiger partial charge in [-0.05, 0) is 70.5 Å². The quantitative estimate of drug-likeness (QED) is 0.217. The largest absolute Gasteiger partial charge is 0.493 e. The van der Waals surface area contributed by atoms with Crippen LogP contribution in [0.5, 0.6) is 11.5 Å². The highest BCUT2D eigenvalue weighted by Gasteiger charge is 2.30. The Morgan fingerprint density at radius 1 is 1.06 bits per heavy atom.